The SMILES string of the molecule is CC(C)(C)OCOC(N)=O. The third kappa shape index (κ3) is 7.23. The Morgan fingerprint density at radius 2 is 2.00 bits per heavy atom. The molecule has 0 atom stereocenters. The van der Waals surface area contributed by atoms with Crippen molar-refractivity contribution in [2.75, 3.05) is 6.79 Å². The molecule has 0 saturated carbocycles. The molecule has 0 aromatic heterocycles. The van der Waals surface area contributed by atoms with Gasteiger partial charge in [-0.2, -0.15) is 0 Å². The number of rotatable bonds is 2. The molecule has 0 rings (SSSR count). The average molecular weight is 147 g/mol. The van der Waals surface area contributed by atoms with Gasteiger partial charge in [-0.1, -0.05) is 0 Å². The van der Waals surface area contributed by atoms with Crippen molar-refractivity contribution in [3.63, 3.8) is 0 Å². The summed E-state index contributed by atoms with van der Waals surface area (Å²) in [6.07, 6.45) is -0.816. The first-order chi connectivity index (χ1) is 4.42. The van der Waals surface area contributed by atoms with Gasteiger partial charge in [0.15, 0.2) is 6.79 Å². The molecule has 0 aromatic carbocycles. The van der Waals surface area contributed by atoms with Gasteiger partial charge in [0.25, 0.3) is 0 Å². The van der Waals surface area contributed by atoms with Crippen molar-refractivity contribution in [2.24, 2.45) is 5.73 Å². The highest BCUT2D eigenvalue weighted by Gasteiger charge is 2.09. The molecule has 0 bridgehead atoms. The standard InChI is InChI=1S/C6H13NO3/c1-6(2,3)10-4-9-5(7)8/h4H2,1-3H3,(H2,7,8). The van der Waals surface area contributed by atoms with Gasteiger partial charge in [0.2, 0.25) is 0 Å². The van der Waals surface area contributed by atoms with Crippen LogP contribution < -0.4 is 5.73 Å². The van der Waals surface area contributed by atoms with Crippen LogP contribution in [0.5, 0.6) is 0 Å². The lowest BCUT2D eigenvalue weighted by Gasteiger charge is -2.18. The van der Waals surface area contributed by atoms with Crippen LogP contribution in [-0.2, 0) is 9.47 Å². The number of carbonyl (C=O) groups is 1. The normalized spacial score (nSPS) is 11.1. The van der Waals surface area contributed by atoms with Gasteiger partial charge >= 0.3 is 6.09 Å². The lowest BCUT2D eigenvalue weighted by atomic mass is 10.2. The number of amides is 1. The second kappa shape index (κ2) is 3.41. The first-order valence-corrected chi connectivity index (χ1v) is 2.98. The molecule has 4 heteroatoms. The summed E-state index contributed by atoms with van der Waals surface area (Å²) >= 11 is 0. The van der Waals surface area contributed by atoms with Crippen LogP contribution in [-0.4, -0.2) is 18.5 Å². The fourth-order valence-corrected chi connectivity index (χ4v) is 0.264. The Labute approximate surface area is 60.3 Å². The van der Waals surface area contributed by atoms with Crippen LogP contribution in [0.25, 0.3) is 0 Å². The second-order valence-electron chi connectivity index (χ2n) is 2.84. The Hall–Kier alpha value is -0.770. The van der Waals surface area contributed by atoms with Crippen LogP contribution in [0, 0.1) is 0 Å². The van der Waals surface area contributed by atoms with Crippen molar-refractivity contribution >= 4 is 6.09 Å². The van der Waals surface area contributed by atoms with E-state index in [1.807, 2.05) is 20.8 Å². The van der Waals surface area contributed by atoms with E-state index in [1.165, 1.54) is 0 Å². The highest BCUT2D eigenvalue weighted by Crippen LogP contribution is 2.05. The third-order valence-electron chi connectivity index (χ3n) is 0.693. The molecule has 0 heterocycles. The maximum atomic E-state index is 10.0. The number of primary amides is 1. The van der Waals surface area contributed by atoms with Crippen molar-refractivity contribution in [1.82, 2.24) is 0 Å². The van der Waals surface area contributed by atoms with Crippen LogP contribution in [0.3, 0.4) is 0 Å². The Morgan fingerprint density at radius 3 is 2.30 bits per heavy atom. The lowest BCUT2D eigenvalue weighted by Crippen LogP contribution is -2.24. The summed E-state index contributed by atoms with van der Waals surface area (Å²) in [6.45, 7) is 5.49. The number of hydrogen-bond donors (Lipinski definition) is 1. The summed E-state index contributed by atoms with van der Waals surface area (Å²) < 4.78 is 9.35. The maximum Gasteiger partial charge on any atom is 0.406 e. The molecule has 0 aliphatic heterocycles. The molecule has 0 aromatic rings. The fourth-order valence-electron chi connectivity index (χ4n) is 0.264. The number of nitrogens with two attached hydrogens (primary N) is 1. The maximum absolute atomic E-state index is 10.0. The predicted octanol–water partition coefficient (Wildman–Crippen LogP) is 0.854. The lowest BCUT2D eigenvalue weighted by molar-refractivity contribution is -0.0900. The van der Waals surface area contributed by atoms with Crippen LogP contribution in [0.15, 0.2) is 0 Å². The minimum absolute atomic E-state index is 0.0845. The number of ether oxygens (including phenoxy) is 2. The first-order valence-electron chi connectivity index (χ1n) is 2.98. The van der Waals surface area contributed by atoms with Crippen LogP contribution in [0.2, 0.25) is 0 Å². The van der Waals surface area contributed by atoms with Gasteiger partial charge in [0.1, 0.15) is 0 Å². The molecule has 0 unspecified atom stereocenters. The van der Waals surface area contributed by atoms with Gasteiger partial charge in [0.05, 0.1) is 5.60 Å². The van der Waals surface area contributed by atoms with E-state index in [9.17, 15) is 4.79 Å². The Morgan fingerprint density at radius 1 is 1.50 bits per heavy atom. The number of carbonyl (C=O) groups excluding carboxylic acids is 1. The summed E-state index contributed by atoms with van der Waals surface area (Å²) in [5.41, 5.74) is 4.38. The van der Waals surface area contributed by atoms with Crippen molar-refractivity contribution < 1.29 is 14.3 Å². The molecule has 0 aliphatic carbocycles. The Balaban J connectivity index is 3.29. The number of hydrogen-bond acceptors (Lipinski definition) is 3. The zero-order valence-electron chi connectivity index (χ0n) is 6.51. The van der Waals surface area contributed by atoms with Gasteiger partial charge in [-0.3, -0.25) is 0 Å². The Bertz CT molecular complexity index is 117. The van der Waals surface area contributed by atoms with Gasteiger partial charge < -0.3 is 15.2 Å². The summed E-state index contributed by atoms with van der Waals surface area (Å²) in [7, 11) is 0. The highest BCUT2D eigenvalue weighted by molar-refractivity contribution is 5.64. The quantitative estimate of drug-likeness (QED) is 0.589. The van der Waals surface area contributed by atoms with Crippen molar-refractivity contribution in [1.29, 1.82) is 0 Å². The van der Waals surface area contributed by atoms with E-state index >= 15 is 0 Å². The van der Waals surface area contributed by atoms with Crippen molar-refractivity contribution in [3.8, 4) is 0 Å². The molecule has 0 aliphatic rings. The molecule has 0 fully saturated rings. The van der Waals surface area contributed by atoms with Gasteiger partial charge in [0, 0.05) is 0 Å². The summed E-state index contributed by atoms with van der Waals surface area (Å²) in [4.78, 5) is 10.0. The van der Waals surface area contributed by atoms with Crippen LogP contribution in [0.4, 0.5) is 4.79 Å². The minimum atomic E-state index is -0.816. The van der Waals surface area contributed by atoms with E-state index in [0.717, 1.165) is 0 Å². The summed E-state index contributed by atoms with van der Waals surface area (Å²) in [5, 5.41) is 0. The molecule has 10 heavy (non-hydrogen) atoms. The molecule has 0 saturated heterocycles. The predicted molar refractivity (Wildman–Crippen MR) is 36.4 cm³/mol. The summed E-state index contributed by atoms with van der Waals surface area (Å²) in [5.74, 6) is 0. The van der Waals surface area contributed by atoms with Gasteiger partial charge in [-0.25, -0.2) is 4.79 Å². The minimum Gasteiger partial charge on any atom is -0.422 e. The fraction of sp³-hybridized carbons (Fsp3) is 0.833. The molecule has 60 valence electrons. The van der Waals surface area contributed by atoms with E-state index in [0.29, 0.717) is 0 Å². The Kier molecular flexibility index (Phi) is 3.15. The average Bonchev–Trinajstić information content (AvgIpc) is 1.59. The first kappa shape index (κ1) is 9.23. The monoisotopic (exact) mass is 147 g/mol. The van der Waals surface area contributed by atoms with E-state index in [1.54, 1.807) is 0 Å². The van der Waals surface area contributed by atoms with Crippen molar-refractivity contribution in [2.45, 2.75) is 26.4 Å². The smallest absolute Gasteiger partial charge is 0.406 e. The van der Waals surface area contributed by atoms with E-state index < -0.39 is 6.09 Å². The van der Waals surface area contributed by atoms with Crippen molar-refractivity contribution in [3.05, 3.63) is 0 Å². The molecule has 0 spiro atoms. The highest BCUT2D eigenvalue weighted by atomic mass is 16.7. The zero-order valence-corrected chi connectivity index (χ0v) is 6.51. The molecule has 1 amide bonds. The molecular weight excluding hydrogens is 134 g/mol. The molecule has 0 radical (unpaired) electrons. The van der Waals surface area contributed by atoms with E-state index in [-0.39, 0.29) is 12.4 Å². The molecule has 2 N–H and O–H groups in total. The molecular formula is C6H13NO3. The van der Waals surface area contributed by atoms with E-state index in [4.69, 9.17) is 4.74 Å². The van der Waals surface area contributed by atoms with Gasteiger partial charge in [-0.05, 0) is 20.8 Å². The van der Waals surface area contributed by atoms with Gasteiger partial charge in [-0.15, -0.1) is 0 Å². The van der Waals surface area contributed by atoms with Crippen LogP contribution in [0.1, 0.15) is 20.8 Å². The largest absolute Gasteiger partial charge is 0.422 e. The molecule has 4 nitrogen and oxygen atoms in total. The summed E-state index contributed by atoms with van der Waals surface area (Å²) in [6, 6.07) is 0. The third-order valence-corrected chi connectivity index (χ3v) is 0.693. The van der Waals surface area contributed by atoms with Crippen LogP contribution >= 0.6 is 0 Å². The zero-order chi connectivity index (χ0) is 8.20. The topological polar surface area (TPSA) is 61.6 Å². The van der Waals surface area contributed by atoms with E-state index in [2.05, 4.69) is 10.5 Å². The second-order valence-corrected chi connectivity index (χ2v) is 2.84.